The Balaban J connectivity index is 1.63. The van der Waals surface area contributed by atoms with E-state index in [1.807, 2.05) is 42.2 Å². The van der Waals surface area contributed by atoms with Gasteiger partial charge >= 0.3 is 0 Å². The molecule has 0 amide bonds. The van der Waals surface area contributed by atoms with E-state index in [9.17, 15) is 8.78 Å². The van der Waals surface area contributed by atoms with Crippen LogP contribution in [0.1, 0.15) is 11.1 Å². The summed E-state index contributed by atoms with van der Waals surface area (Å²) >= 11 is 1.28. The summed E-state index contributed by atoms with van der Waals surface area (Å²) in [7, 11) is 2.74. The minimum absolute atomic E-state index is 0.0470. The maximum absolute atomic E-state index is 12.9. The van der Waals surface area contributed by atoms with Crippen molar-refractivity contribution in [3.8, 4) is 17.4 Å². The van der Waals surface area contributed by atoms with E-state index in [2.05, 4.69) is 24.8 Å². The molecule has 0 bridgehead atoms. The van der Waals surface area contributed by atoms with Crippen molar-refractivity contribution in [3.05, 3.63) is 47.9 Å². The summed E-state index contributed by atoms with van der Waals surface area (Å²) in [5.74, 6) is 0.280. The molecule has 8 nitrogen and oxygen atoms in total. The Kier molecular flexibility index (Phi) is 5.94. The van der Waals surface area contributed by atoms with Crippen LogP contribution in [0, 0.1) is 6.92 Å². The molecule has 0 saturated carbocycles. The number of fused-ring (bicyclic) bond motifs is 1. The number of nitrogens with zero attached hydrogens (tertiary/aromatic N) is 4. The van der Waals surface area contributed by atoms with Crippen molar-refractivity contribution in [3.63, 3.8) is 0 Å². The van der Waals surface area contributed by atoms with Crippen LogP contribution in [-0.2, 0) is 6.42 Å². The van der Waals surface area contributed by atoms with Crippen LogP contribution in [0.5, 0.6) is 11.8 Å². The number of hydrogen-bond donors (Lipinski definition) is 2. The number of ether oxygens (including phenoxy) is 2. The molecule has 0 atom stereocenters. The maximum atomic E-state index is 12.9. The van der Waals surface area contributed by atoms with Crippen molar-refractivity contribution in [2.24, 2.45) is 0 Å². The molecule has 3 aromatic heterocycles. The first-order chi connectivity index (χ1) is 15.0. The number of nitrogens with one attached hydrogen (secondary N) is 2. The van der Waals surface area contributed by atoms with Crippen molar-refractivity contribution in [1.82, 2.24) is 24.7 Å². The van der Waals surface area contributed by atoms with Crippen molar-refractivity contribution in [2.45, 2.75) is 24.7 Å². The Hall–Kier alpha value is -3.34. The molecule has 4 aromatic rings. The molecule has 0 aliphatic carbocycles. The zero-order valence-corrected chi connectivity index (χ0v) is 17.8. The van der Waals surface area contributed by atoms with Gasteiger partial charge < -0.3 is 14.5 Å². The highest BCUT2D eigenvalue weighted by Gasteiger charge is 2.20. The van der Waals surface area contributed by atoms with Gasteiger partial charge in [0.05, 0.1) is 35.9 Å². The topological polar surface area (TPSA) is 89.9 Å². The van der Waals surface area contributed by atoms with Crippen molar-refractivity contribution in [2.75, 3.05) is 18.9 Å². The smallest absolute Gasteiger partial charge is 0.243 e. The molecule has 0 fully saturated rings. The molecule has 3 heterocycles. The predicted molar refractivity (Wildman–Crippen MR) is 114 cm³/mol. The SMILES string of the molecule is COc1nc(NSc2c[nH]c3c(-n4cccn4)c(C)ccc23)nc(OC)c1CC(F)F. The molecule has 0 spiro atoms. The Morgan fingerprint density at radius 2 is 1.94 bits per heavy atom. The highest BCUT2D eigenvalue weighted by molar-refractivity contribution is 8.00. The fourth-order valence-electron chi connectivity index (χ4n) is 3.30. The first kappa shape index (κ1) is 20.9. The van der Waals surface area contributed by atoms with Crippen LogP contribution in [0.2, 0.25) is 0 Å². The zero-order valence-electron chi connectivity index (χ0n) is 17.0. The van der Waals surface area contributed by atoms with Gasteiger partial charge in [-0.3, -0.25) is 4.72 Å². The van der Waals surface area contributed by atoms with E-state index in [1.54, 1.807) is 6.20 Å². The highest BCUT2D eigenvalue weighted by atomic mass is 32.2. The Bertz CT molecular complexity index is 1170. The molecule has 11 heteroatoms. The molecular formula is C20H20F2N6O2S. The monoisotopic (exact) mass is 446 g/mol. The number of rotatable bonds is 8. The van der Waals surface area contributed by atoms with E-state index >= 15 is 0 Å². The molecule has 4 rings (SSSR count). The average Bonchev–Trinajstić information content (AvgIpc) is 3.42. The van der Waals surface area contributed by atoms with Crippen LogP contribution in [0.3, 0.4) is 0 Å². The summed E-state index contributed by atoms with van der Waals surface area (Å²) in [5.41, 5.74) is 3.11. The summed E-state index contributed by atoms with van der Waals surface area (Å²) < 4.78 is 41.0. The number of aryl methyl sites for hydroxylation is 1. The number of alkyl halides is 2. The standard InChI is InChI=1S/C20H20F2N6O2S/c1-11-5-6-12-14(10-23-16(12)17(11)28-8-4-7-24-28)31-27-20-25-18(29-2)13(9-15(21)22)19(26-20)30-3/h4-8,10,15,23H,9H2,1-3H3,(H,25,26,27). The van der Waals surface area contributed by atoms with Crippen molar-refractivity contribution >= 4 is 28.8 Å². The molecule has 1 aromatic carbocycles. The van der Waals surface area contributed by atoms with E-state index in [4.69, 9.17) is 9.47 Å². The van der Waals surface area contributed by atoms with E-state index in [0.29, 0.717) is 0 Å². The Morgan fingerprint density at radius 3 is 2.55 bits per heavy atom. The fraction of sp³-hybridized carbons (Fsp3) is 0.250. The van der Waals surface area contributed by atoms with Gasteiger partial charge in [-0.1, -0.05) is 12.1 Å². The van der Waals surface area contributed by atoms with Gasteiger partial charge in [0.1, 0.15) is 0 Å². The van der Waals surface area contributed by atoms with Gasteiger partial charge in [-0.05, 0) is 30.5 Å². The molecule has 31 heavy (non-hydrogen) atoms. The van der Waals surface area contributed by atoms with E-state index in [1.165, 1.54) is 26.2 Å². The molecule has 0 unspecified atom stereocenters. The second-order valence-electron chi connectivity index (χ2n) is 6.60. The second kappa shape index (κ2) is 8.80. The molecule has 0 radical (unpaired) electrons. The summed E-state index contributed by atoms with van der Waals surface area (Å²) in [4.78, 5) is 12.6. The van der Waals surface area contributed by atoms with Crippen LogP contribution in [-0.4, -0.2) is 45.4 Å². The van der Waals surface area contributed by atoms with Gasteiger partial charge in [0.2, 0.25) is 24.1 Å². The largest absolute Gasteiger partial charge is 0.481 e. The molecular weight excluding hydrogens is 426 g/mol. The molecule has 0 saturated heterocycles. The lowest BCUT2D eigenvalue weighted by Gasteiger charge is -2.13. The van der Waals surface area contributed by atoms with Gasteiger partial charge in [0.25, 0.3) is 0 Å². The van der Waals surface area contributed by atoms with Gasteiger partial charge in [-0.25, -0.2) is 13.5 Å². The molecule has 162 valence electrons. The number of H-pyrrole nitrogens is 1. The van der Waals surface area contributed by atoms with Crippen LogP contribution in [0.25, 0.3) is 16.6 Å². The van der Waals surface area contributed by atoms with Crippen LogP contribution >= 0.6 is 11.9 Å². The number of methoxy groups -OCH3 is 2. The number of aromatic nitrogens is 5. The summed E-state index contributed by atoms with van der Waals surface area (Å²) in [6.07, 6.45) is 2.36. The van der Waals surface area contributed by atoms with E-state index in [0.717, 1.165) is 27.0 Å². The van der Waals surface area contributed by atoms with Crippen molar-refractivity contribution < 1.29 is 18.3 Å². The zero-order chi connectivity index (χ0) is 22.0. The predicted octanol–water partition coefficient (Wildman–Crippen LogP) is 4.40. The third-order valence-corrected chi connectivity index (χ3v) is 5.50. The summed E-state index contributed by atoms with van der Waals surface area (Å²) in [6.45, 7) is 2.02. The highest BCUT2D eigenvalue weighted by Crippen LogP contribution is 2.34. The van der Waals surface area contributed by atoms with Gasteiger partial charge in [-0.15, -0.1) is 0 Å². The van der Waals surface area contributed by atoms with Gasteiger partial charge in [0, 0.05) is 30.4 Å². The lowest BCUT2D eigenvalue weighted by Crippen LogP contribution is -2.08. The van der Waals surface area contributed by atoms with Gasteiger partial charge in [-0.2, -0.15) is 15.1 Å². The Labute approximate surface area is 181 Å². The molecule has 2 N–H and O–H groups in total. The van der Waals surface area contributed by atoms with E-state index < -0.39 is 12.8 Å². The molecule has 0 aliphatic rings. The lowest BCUT2D eigenvalue weighted by molar-refractivity contribution is 0.146. The van der Waals surface area contributed by atoms with Crippen LogP contribution in [0.15, 0.2) is 41.7 Å². The maximum Gasteiger partial charge on any atom is 0.243 e. The first-order valence-electron chi connectivity index (χ1n) is 9.32. The Morgan fingerprint density at radius 1 is 1.19 bits per heavy atom. The van der Waals surface area contributed by atoms with Gasteiger partial charge in [0.15, 0.2) is 0 Å². The number of hydrogen-bond acceptors (Lipinski definition) is 7. The summed E-state index contributed by atoms with van der Waals surface area (Å²) in [5, 5.41) is 5.33. The third-order valence-electron chi connectivity index (χ3n) is 4.65. The number of halogens is 2. The molecule has 0 aliphatic heterocycles. The van der Waals surface area contributed by atoms with Crippen molar-refractivity contribution in [1.29, 1.82) is 0 Å². The van der Waals surface area contributed by atoms with E-state index in [-0.39, 0.29) is 23.3 Å². The van der Waals surface area contributed by atoms with Crippen LogP contribution in [0.4, 0.5) is 14.7 Å². The normalized spacial score (nSPS) is 11.3. The van der Waals surface area contributed by atoms with Crippen LogP contribution < -0.4 is 14.2 Å². The minimum Gasteiger partial charge on any atom is -0.481 e. The number of aromatic amines is 1. The average molecular weight is 446 g/mol. The second-order valence-corrected chi connectivity index (χ2v) is 7.45. The first-order valence-corrected chi connectivity index (χ1v) is 10.1. The quantitative estimate of drug-likeness (QED) is 0.388. The summed E-state index contributed by atoms with van der Waals surface area (Å²) in [6, 6.07) is 5.92. The number of benzene rings is 1. The number of anilines is 1. The minimum atomic E-state index is -2.57. The fourth-order valence-corrected chi connectivity index (χ4v) is 3.99. The third kappa shape index (κ3) is 4.13. The lowest BCUT2D eigenvalue weighted by atomic mass is 10.1.